The van der Waals surface area contributed by atoms with Gasteiger partial charge in [0.2, 0.25) is 5.91 Å². The molecular formula is C25H28F2N2O3. The van der Waals surface area contributed by atoms with Crippen molar-refractivity contribution < 1.29 is 23.1 Å². The van der Waals surface area contributed by atoms with E-state index < -0.39 is 6.61 Å². The third-order valence-corrected chi connectivity index (χ3v) is 6.14. The molecule has 32 heavy (non-hydrogen) atoms. The minimum atomic E-state index is -3.01. The van der Waals surface area contributed by atoms with Gasteiger partial charge >= 0.3 is 6.61 Å². The molecule has 1 unspecified atom stereocenters. The van der Waals surface area contributed by atoms with Crippen LogP contribution in [0.5, 0.6) is 5.75 Å². The molecule has 1 aliphatic heterocycles. The van der Waals surface area contributed by atoms with E-state index in [4.69, 9.17) is 0 Å². The van der Waals surface area contributed by atoms with Gasteiger partial charge in [-0.2, -0.15) is 8.78 Å². The smallest absolute Gasteiger partial charge is 0.387 e. The van der Waals surface area contributed by atoms with Crippen LogP contribution < -0.4 is 4.74 Å². The van der Waals surface area contributed by atoms with Crippen LogP contribution in [0, 0.1) is 12.8 Å². The highest BCUT2D eigenvalue weighted by Gasteiger charge is 2.38. The number of benzene rings is 2. The summed E-state index contributed by atoms with van der Waals surface area (Å²) >= 11 is 0. The van der Waals surface area contributed by atoms with E-state index >= 15 is 0 Å². The van der Waals surface area contributed by atoms with Gasteiger partial charge in [-0.3, -0.25) is 9.59 Å². The molecule has 2 aromatic carbocycles. The van der Waals surface area contributed by atoms with E-state index in [9.17, 15) is 18.4 Å². The van der Waals surface area contributed by atoms with Crippen LogP contribution in [0.2, 0.25) is 0 Å². The first kappa shape index (κ1) is 22.2. The van der Waals surface area contributed by atoms with Crippen molar-refractivity contribution in [3.8, 4) is 5.75 Å². The number of amides is 2. The summed E-state index contributed by atoms with van der Waals surface area (Å²) < 4.78 is 30.0. The van der Waals surface area contributed by atoms with Crippen LogP contribution in [-0.4, -0.2) is 47.4 Å². The number of hydrogen-bond acceptors (Lipinski definition) is 3. The van der Waals surface area contributed by atoms with Gasteiger partial charge in [0.15, 0.2) is 0 Å². The minimum Gasteiger partial charge on any atom is -0.434 e. The molecule has 0 bridgehead atoms. The van der Waals surface area contributed by atoms with Gasteiger partial charge in [-0.15, -0.1) is 0 Å². The molecule has 1 saturated carbocycles. The van der Waals surface area contributed by atoms with Crippen LogP contribution >= 0.6 is 0 Å². The van der Waals surface area contributed by atoms with Gasteiger partial charge in [0.05, 0.1) is 11.5 Å². The van der Waals surface area contributed by atoms with Gasteiger partial charge in [0.25, 0.3) is 5.91 Å². The Kier molecular flexibility index (Phi) is 6.72. The molecule has 0 aromatic heterocycles. The SMILES string of the molecule is Cc1ccc(CN(C(=O)C2CCCN(C(=O)c3ccccc3OC(F)F)C2)C2CC2)cc1. The van der Waals surface area contributed by atoms with Gasteiger partial charge in [-0.1, -0.05) is 42.0 Å². The molecule has 0 radical (unpaired) electrons. The van der Waals surface area contributed by atoms with Crippen molar-refractivity contribution in [3.05, 3.63) is 65.2 Å². The number of carbonyl (C=O) groups is 2. The number of carbonyl (C=O) groups excluding carboxylic acids is 2. The number of ether oxygens (including phenoxy) is 1. The molecule has 1 aliphatic carbocycles. The van der Waals surface area contributed by atoms with E-state index in [-0.39, 0.29) is 41.6 Å². The summed E-state index contributed by atoms with van der Waals surface area (Å²) in [5.41, 5.74) is 2.37. The highest BCUT2D eigenvalue weighted by atomic mass is 19.3. The molecule has 0 spiro atoms. The lowest BCUT2D eigenvalue weighted by Gasteiger charge is -2.35. The lowest BCUT2D eigenvalue weighted by molar-refractivity contribution is -0.138. The molecular weight excluding hydrogens is 414 g/mol. The summed E-state index contributed by atoms with van der Waals surface area (Å²) in [6.45, 7) is 0.379. The zero-order valence-corrected chi connectivity index (χ0v) is 18.2. The number of aryl methyl sites for hydroxylation is 1. The van der Waals surface area contributed by atoms with Gasteiger partial charge in [0.1, 0.15) is 5.75 Å². The molecule has 2 aliphatic rings. The Bertz CT molecular complexity index is 960. The molecule has 5 nitrogen and oxygen atoms in total. The molecule has 2 amide bonds. The van der Waals surface area contributed by atoms with Crippen LogP contribution in [0.3, 0.4) is 0 Å². The Hall–Kier alpha value is -2.96. The lowest BCUT2D eigenvalue weighted by atomic mass is 9.95. The van der Waals surface area contributed by atoms with Crippen LogP contribution in [0.25, 0.3) is 0 Å². The fraction of sp³-hybridized carbons (Fsp3) is 0.440. The summed E-state index contributed by atoms with van der Waals surface area (Å²) in [7, 11) is 0. The minimum absolute atomic E-state index is 0.0719. The van der Waals surface area contributed by atoms with E-state index in [0.29, 0.717) is 19.5 Å². The molecule has 4 rings (SSSR count). The predicted octanol–water partition coefficient (Wildman–Crippen LogP) is 4.64. The Morgan fingerprint density at radius 2 is 1.81 bits per heavy atom. The van der Waals surface area contributed by atoms with Crippen molar-refractivity contribution in [2.75, 3.05) is 13.1 Å². The maximum absolute atomic E-state index is 13.4. The summed E-state index contributed by atoms with van der Waals surface area (Å²) in [6, 6.07) is 14.5. The van der Waals surface area contributed by atoms with E-state index in [0.717, 1.165) is 24.8 Å². The van der Waals surface area contributed by atoms with Crippen molar-refractivity contribution in [2.45, 2.75) is 51.8 Å². The molecule has 0 N–H and O–H groups in total. The number of alkyl halides is 2. The van der Waals surface area contributed by atoms with Crippen molar-refractivity contribution in [3.63, 3.8) is 0 Å². The van der Waals surface area contributed by atoms with Crippen LogP contribution in [0.1, 0.15) is 47.2 Å². The van der Waals surface area contributed by atoms with E-state index in [1.807, 2.05) is 24.0 Å². The van der Waals surface area contributed by atoms with Crippen LogP contribution in [0.15, 0.2) is 48.5 Å². The number of piperidine rings is 1. The molecule has 7 heteroatoms. The molecule has 1 heterocycles. The largest absolute Gasteiger partial charge is 0.434 e. The second-order valence-corrected chi connectivity index (χ2v) is 8.65. The molecule has 2 aromatic rings. The molecule has 1 atom stereocenters. The van der Waals surface area contributed by atoms with Crippen molar-refractivity contribution in [1.29, 1.82) is 0 Å². The average molecular weight is 443 g/mol. The number of halogens is 2. The molecule has 2 fully saturated rings. The first-order valence-corrected chi connectivity index (χ1v) is 11.1. The van der Waals surface area contributed by atoms with E-state index in [1.165, 1.54) is 17.7 Å². The number of nitrogens with zero attached hydrogens (tertiary/aromatic N) is 2. The highest BCUT2D eigenvalue weighted by Crippen LogP contribution is 2.32. The number of rotatable bonds is 7. The monoisotopic (exact) mass is 442 g/mol. The Balaban J connectivity index is 1.46. The first-order valence-electron chi connectivity index (χ1n) is 11.1. The van der Waals surface area contributed by atoms with Crippen molar-refractivity contribution >= 4 is 11.8 Å². The van der Waals surface area contributed by atoms with Crippen LogP contribution in [0.4, 0.5) is 8.78 Å². The second-order valence-electron chi connectivity index (χ2n) is 8.65. The normalized spacial score (nSPS) is 18.5. The predicted molar refractivity (Wildman–Crippen MR) is 116 cm³/mol. The number of likely N-dealkylation sites (tertiary alicyclic amines) is 1. The summed E-state index contributed by atoms with van der Waals surface area (Å²) in [4.78, 5) is 30.1. The third-order valence-electron chi connectivity index (χ3n) is 6.14. The zero-order valence-electron chi connectivity index (χ0n) is 18.2. The second kappa shape index (κ2) is 9.67. The third kappa shape index (κ3) is 5.26. The maximum Gasteiger partial charge on any atom is 0.387 e. The van der Waals surface area contributed by atoms with Gasteiger partial charge in [0, 0.05) is 25.7 Å². The lowest BCUT2D eigenvalue weighted by Crippen LogP contribution is -2.47. The zero-order chi connectivity index (χ0) is 22.7. The van der Waals surface area contributed by atoms with Crippen LogP contribution in [-0.2, 0) is 11.3 Å². The average Bonchev–Trinajstić information content (AvgIpc) is 3.63. The Morgan fingerprint density at radius 1 is 1.09 bits per heavy atom. The maximum atomic E-state index is 13.4. The van der Waals surface area contributed by atoms with Gasteiger partial charge in [-0.05, 0) is 50.3 Å². The van der Waals surface area contributed by atoms with E-state index in [1.54, 1.807) is 17.0 Å². The van der Waals surface area contributed by atoms with Crippen molar-refractivity contribution in [1.82, 2.24) is 9.80 Å². The Morgan fingerprint density at radius 3 is 2.50 bits per heavy atom. The topological polar surface area (TPSA) is 49.9 Å². The van der Waals surface area contributed by atoms with E-state index in [2.05, 4.69) is 16.9 Å². The number of para-hydroxylation sites is 1. The summed E-state index contributed by atoms with van der Waals surface area (Å²) in [6.07, 6.45) is 3.43. The fourth-order valence-electron chi connectivity index (χ4n) is 4.27. The summed E-state index contributed by atoms with van der Waals surface area (Å²) in [5.74, 6) is -0.736. The molecule has 1 saturated heterocycles. The first-order chi connectivity index (χ1) is 15.4. The van der Waals surface area contributed by atoms with Crippen molar-refractivity contribution in [2.24, 2.45) is 5.92 Å². The molecule has 170 valence electrons. The number of hydrogen-bond donors (Lipinski definition) is 0. The fourth-order valence-corrected chi connectivity index (χ4v) is 4.27. The highest BCUT2D eigenvalue weighted by molar-refractivity contribution is 5.97. The summed E-state index contributed by atoms with van der Waals surface area (Å²) in [5, 5.41) is 0. The van der Waals surface area contributed by atoms with Gasteiger partial charge in [-0.25, -0.2) is 0 Å². The standard InChI is InChI=1S/C25H28F2N2O3/c1-17-8-10-18(11-9-17)15-29(20-12-13-20)23(30)19-5-4-14-28(16-19)24(31)21-6-2-3-7-22(21)32-25(26)27/h2-3,6-11,19-20,25H,4-5,12-16H2,1H3. The van der Waals surface area contributed by atoms with Gasteiger partial charge < -0.3 is 14.5 Å². The Labute approximate surface area is 187 Å². The quantitative estimate of drug-likeness (QED) is 0.628.